The van der Waals surface area contributed by atoms with Crippen LogP contribution < -0.4 is 4.90 Å². The minimum atomic E-state index is -0.0822. The maximum Gasteiger partial charge on any atom is 0.252 e. The van der Waals surface area contributed by atoms with Gasteiger partial charge in [0.1, 0.15) is 6.61 Å². The number of aryl methyl sites for hydroxylation is 3. The zero-order valence-corrected chi connectivity index (χ0v) is 24.6. The molecule has 2 heterocycles. The third-order valence-electron chi connectivity index (χ3n) is 7.37. The third-order valence-corrected chi connectivity index (χ3v) is 7.62. The molecular weight excluding hydrogens is 526 g/mol. The highest BCUT2D eigenvalue weighted by Crippen LogP contribution is 2.25. The summed E-state index contributed by atoms with van der Waals surface area (Å²) in [7, 11) is 3.44. The Morgan fingerprint density at radius 3 is 2.40 bits per heavy atom. The number of ether oxygens (including phenoxy) is 1. The largest absolute Gasteiger partial charge is 0.375 e. The Morgan fingerprint density at radius 2 is 1.70 bits per heavy atom. The van der Waals surface area contributed by atoms with E-state index in [-0.39, 0.29) is 18.4 Å². The van der Waals surface area contributed by atoms with Gasteiger partial charge in [-0.1, -0.05) is 41.9 Å². The number of hydrogen-bond acceptors (Lipinski definition) is 5. The van der Waals surface area contributed by atoms with E-state index in [0.717, 1.165) is 60.0 Å². The van der Waals surface area contributed by atoms with Crippen LogP contribution in [-0.2, 0) is 40.9 Å². The predicted molar refractivity (Wildman–Crippen MR) is 158 cm³/mol. The van der Waals surface area contributed by atoms with Crippen molar-refractivity contribution in [3.05, 3.63) is 82.1 Å². The first-order valence-electron chi connectivity index (χ1n) is 13.9. The van der Waals surface area contributed by atoms with Crippen LogP contribution in [0.4, 0.5) is 5.69 Å². The van der Waals surface area contributed by atoms with Gasteiger partial charge in [-0.05, 0) is 61.1 Å². The van der Waals surface area contributed by atoms with Gasteiger partial charge in [-0.2, -0.15) is 5.10 Å². The summed E-state index contributed by atoms with van der Waals surface area (Å²) in [6, 6.07) is 15.9. The fraction of sp³-hybridized carbons (Fsp3) is 0.452. The van der Waals surface area contributed by atoms with Crippen LogP contribution in [0.5, 0.6) is 0 Å². The molecule has 0 atom stereocenters. The SMILES string of the molecule is COCC(=O)N1CCCN(Cc2ccc(Cl)cc2)CCCN(C(=O)CCc2cn(C)nc2C)Cc2ccccc21. The van der Waals surface area contributed by atoms with Crippen molar-refractivity contribution in [3.8, 4) is 0 Å². The van der Waals surface area contributed by atoms with E-state index < -0.39 is 0 Å². The quantitative estimate of drug-likeness (QED) is 0.418. The van der Waals surface area contributed by atoms with Gasteiger partial charge < -0.3 is 14.5 Å². The van der Waals surface area contributed by atoms with E-state index in [9.17, 15) is 9.59 Å². The number of hydrogen-bond donors (Lipinski definition) is 0. The lowest BCUT2D eigenvalue weighted by atomic mass is 10.1. The molecule has 3 aromatic rings. The molecule has 0 fully saturated rings. The predicted octanol–water partition coefficient (Wildman–Crippen LogP) is 4.62. The van der Waals surface area contributed by atoms with Crippen molar-refractivity contribution in [2.75, 3.05) is 44.8 Å². The molecule has 1 aliphatic rings. The molecule has 0 unspecified atom stereocenters. The molecular formula is C31H40ClN5O3. The lowest BCUT2D eigenvalue weighted by Gasteiger charge is -2.31. The normalized spacial score (nSPS) is 15.3. The van der Waals surface area contributed by atoms with E-state index in [1.807, 2.05) is 66.4 Å². The standard InChI is InChI=1S/C31H40ClN5O3/c1-24-26(21-34(2)33-24)12-15-30(38)36-18-6-16-35(20-25-10-13-28(32)14-11-25)17-7-19-37(31(39)23-40-3)29-9-5-4-8-27(29)22-36/h4-5,8-11,13-14,21H,6-7,12,15-20,22-23H2,1-3H3. The van der Waals surface area contributed by atoms with Crippen molar-refractivity contribution < 1.29 is 14.3 Å². The molecule has 8 nitrogen and oxygen atoms in total. The van der Waals surface area contributed by atoms with Gasteiger partial charge in [-0.15, -0.1) is 0 Å². The molecule has 0 saturated heterocycles. The average Bonchev–Trinajstić information content (AvgIpc) is 3.26. The summed E-state index contributed by atoms with van der Waals surface area (Å²) >= 11 is 6.10. The first kappa shape index (κ1) is 29.8. The Kier molecular flexibility index (Phi) is 10.7. The summed E-state index contributed by atoms with van der Waals surface area (Å²) in [5.41, 5.74) is 5.05. The second kappa shape index (κ2) is 14.4. The van der Waals surface area contributed by atoms with Crippen LogP contribution in [-0.4, -0.2) is 71.3 Å². The van der Waals surface area contributed by atoms with Crippen molar-refractivity contribution >= 4 is 29.1 Å². The second-order valence-electron chi connectivity index (χ2n) is 10.4. The molecule has 0 N–H and O–H groups in total. The summed E-state index contributed by atoms with van der Waals surface area (Å²) in [5.74, 6) is 0.0234. The summed E-state index contributed by atoms with van der Waals surface area (Å²) in [4.78, 5) is 33.0. The molecule has 0 aliphatic carbocycles. The number of rotatable bonds is 7. The highest BCUT2D eigenvalue weighted by Gasteiger charge is 2.23. The molecule has 1 aromatic heterocycles. The number of carbonyl (C=O) groups is 2. The number of benzene rings is 2. The third kappa shape index (κ3) is 8.16. The first-order chi connectivity index (χ1) is 19.3. The molecule has 40 heavy (non-hydrogen) atoms. The Labute approximate surface area is 242 Å². The summed E-state index contributed by atoms with van der Waals surface area (Å²) in [5, 5.41) is 5.14. The highest BCUT2D eigenvalue weighted by molar-refractivity contribution is 6.30. The molecule has 214 valence electrons. The van der Waals surface area contributed by atoms with Crippen molar-refractivity contribution in [2.45, 2.75) is 45.7 Å². The van der Waals surface area contributed by atoms with Crippen molar-refractivity contribution in [1.29, 1.82) is 0 Å². The van der Waals surface area contributed by atoms with Crippen LogP contribution in [0.3, 0.4) is 0 Å². The number of carbonyl (C=O) groups excluding carboxylic acids is 2. The van der Waals surface area contributed by atoms with Gasteiger partial charge in [0.15, 0.2) is 0 Å². The topological polar surface area (TPSA) is 70.9 Å². The first-order valence-corrected chi connectivity index (χ1v) is 14.3. The van der Waals surface area contributed by atoms with Gasteiger partial charge in [-0.3, -0.25) is 19.2 Å². The van der Waals surface area contributed by atoms with E-state index in [4.69, 9.17) is 16.3 Å². The van der Waals surface area contributed by atoms with Crippen LogP contribution in [0, 0.1) is 6.92 Å². The van der Waals surface area contributed by atoms with Crippen LogP contribution in [0.25, 0.3) is 0 Å². The molecule has 1 aliphatic heterocycles. The molecule has 0 bridgehead atoms. The minimum Gasteiger partial charge on any atom is -0.375 e. The van der Waals surface area contributed by atoms with Gasteiger partial charge in [0.25, 0.3) is 5.91 Å². The number of methoxy groups -OCH3 is 1. The lowest BCUT2D eigenvalue weighted by Crippen LogP contribution is -2.40. The maximum absolute atomic E-state index is 13.6. The summed E-state index contributed by atoms with van der Waals surface area (Å²) in [6.07, 6.45) is 4.74. The number of anilines is 1. The fourth-order valence-corrected chi connectivity index (χ4v) is 5.46. The Balaban J connectivity index is 1.57. The van der Waals surface area contributed by atoms with Crippen LogP contribution in [0.15, 0.2) is 54.7 Å². The fourth-order valence-electron chi connectivity index (χ4n) is 5.34. The number of para-hydroxylation sites is 1. The number of aromatic nitrogens is 2. The van der Waals surface area contributed by atoms with Gasteiger partial charge >= 0.3 is 0 Å². The maximum atomic E-state index is 13.6. The Bertz CT molecular complexity index is 1280. The van der Waals surface area contributed by atoms with Crippen LogP contribution in [0.2, 0.25) is 5.02 Å². The van der Waals surface area contributed by atoms with E-state index in [2.05, 4.69) is 22.1 Å². The number of halogens is 1. The van der Waals surface area contributed by atoms with Crippen molar-refractivity contribution in [1.82, 2.24) is 19.6 Å². The van der Waals surface area contributed by atoms with E-state index >= 15 is 0 Å². The van der Waals surface area contributed by atoms with E-state index in [1.54, 1.807) is 11.8 Å². The molecule has 2 amide bonds. The minimum absolute atomic E-state index is 0.00985. The molecule has 2 aromatic carbocycles. The highest BCUT2D eigenvalue weighted by atomic mass is 35.5. The average molecular weight is 566 g/mol. The van der Waals surface area contributed by atoms with Gasteiger partial charge in [0.05, 0.1) is 5.69 Å². The van der Waals surface area contributed by atoms with Crippen LogP contribution in [0.1, 0.15) is 41.6 Å². The smallest absolute Gasteiger partial charge is 0.252 e. The Morgan fingerprint density at radius 1 is 0.975 bits per heavy atom. The summed E-state index contributed by atoms with van der Waals surface area (Å²) in [6.45, 7) is 6.12. The van der Waals surface area contributed by atoms with Gasteiger partial charge in [0, 0.05) is 76.8 Å². The van der Waals surface area contributed by atoms with E-state index in [0.29, 0.717) is 32.5 Å². The Hall–Kier alpha value is -3.20. The van der Waals surface area contributed by atoms with Crippen molar-refractivity contribution in [3.63, 3.8) is 0 Å². The van der Waals surface area contributed by atoms with Crippen LogP contribution >= 0.6 is 11.6 Å². The second-order valence-corrected chi connectivity index (χ2v) is 10.9. The zero-order chi connectivity index (χ0) is 28.5. The van der Waals surface area contributed by atoms with Crippen molar-refractivity contribution in [2.24, 2.45) is 7.05 Å². The lowest BCUT2D eigenvalue weighted by molar-refractivity contribution is -0.131. The molecule has 4 rings (SSSR count). The van der Waals surface area contributed by atoms with E-state index in [1.165, 1.54) is 5.56 Å². The molecule has 9 heteroatoms. The van der Waals surface area contributed by atoms with Gasteiger partial charge in [0.2, 0.25) is 5.91 Å². The number of fused-ring (bicyclic) bond motifs is 1. The summed E-state index contributed by atoms with van der Waals surface area (Å²) < 4.78 is 7.01. The molecule has 0 saturated carbocycles. The molecule has 0 spiro atoms. The molecule has 0 radical (unpaired) electrons. The monoisotopic (exact) mass is 565 g/mol. The van der Waals surface area contributed by atoms with Gasteiger partial charge in [-0.25, -0.2) is 0 Å². The number of amides is 2. The number of nitrogens with zero attached hydrogens (tertiary/aromatic N) is 5. The zero-order valence-electron chi connectivity index (χ0n) is 23.8.